The lowest BCUT2D eigenvalue weighted by atomic mass is 9.86. The molecular weight excluding hydrogens is 291 g/mol. The van der Waals surface area contributed by atoms with Crippen LogP contribution < -0.4 is 10.1 Å². The summed E-state index contributed by atoms with van der Waals surface area (Å²) in [6, 6.07) is 6.45. The van der Waals surface area contributed by atoms with Gasteiger partial charge in [0.2, 0.25) is 0 Å². The minimum Gasteiger partial charge on any atom is -0.406 e. The van der Waals surface area contributed by atoms with Crippen LogP contribution in [0.5, 0.6) is 5.75 Å². The van der Waals surface area contributed by atoms with E-state index in [-0.39, 0.29) is 11.8 Å². The molecule has 5 heteroatoms. The third kappa shape index (κ3) is 4.17. The summed E-state index contributed by atoms with van der Waals surface area (Å²) in [5.74, 6) is 6.81. The molecule has 2 saturated heterocycles. The molecule has 2 nitrogen and oxygen atoms in total. The summed E-state index contributed by atoms with van der Waals surface area (Å²) >= 11 is 0. The van der Waals surface area contributed by atoms with Crippen LogP contribution in [0.2, 0.25) is 0 Å². The molecular formula is C17H18F3NO. The topological polar surface area (TPSA) is 21.3 Å². The van der Waals surface area contributed by atoms with Gasteiger partial charge in [-0.2, -0.15) is 0 Å². The first kappa shape index (κ1) is 15.2. The van der Waals surface area contributed by atoms with Crippen LogP contribution in [0.4, 0.5) is 13.2 Å². The van der Waals surface area contributed by atoms with Gasteiger partial charge in [0.15, 0.2) is 0 Å². The van der Waals surface area contributed by atoms with Crippen molar-refractivity contribution < 1.29 is 17.9 Å². The zero-order valence-corrected chi connectivity index (χ0v) is 12.1. The normalized spacial score (nSPS) is 27.7. The van der Waals surface area contributed by atoms with Gasteiger partial charge in [-0.25, -0.2) is 0 Å². The van der Waals surface area contributed by atoms with Crippen molar-refractivity contribution in [2.75, 3.05) is 0 Å². The molecule has 22 heavy (non-hydrogen) atoms. The summed E-state index contributed by atoms with van der Waals surface area (Å²) in [6.45, 7) is 0. The van der Waals surface area contributed by atoms with Crippen molar-refractivity contribution in [2.24, 2.45) is 5.92 Å². The highest BCUT2D eigenvalue weighted by Gasteiger charge is 2.31. The van der Waals surface area contributed by atoms with Crippen LogP contribution in [0.3, 0.4) is 0 Å². The van der Waals surface area contributed by atoms with E-state index in [4.69, 9.17) is 0 Å². The number of nitrogens with one attached hydrogen (secondary N) is 1. The zero-order valence-electron chi connectivity index (χ0n) is 12.1. The molecule has 1 atom stereocenters. The van der Waals surface area contributed by atoms with Crippen LogP contribution in [-0.4, -0.2) is 18.4 Å². The Kier molecular flexibility index (Phi) is 4.30. The van der Waals surface area contributed by atoms with Crippen molar-refractivity contribution in [3.63, 3.8) is 0 Å². The van der Waals surface area contributed by atoms with Crippen molar-refractivity contribution >= 4 is 0 Å². The van der Waals surface area contributed by atoms with E-state index in [9.17, 15) is 13.2 Å². The SMILES string of the molecule is FC(F)(F)Oc1ccc(C#CC2CC3CCC(CC3)N2)cc1. The number of alkyl halides is 3. The molecule has 0 radical (unpaired) electrons. The first-order valence-corrected chi connectivity index (χ1v) is 7.61. The molecule has 118 valence electrons. The van der Waals surface area contributed by atoms with Gasteiger partial charge in [0.25, 0.3) is 0 Å². The van der Waals surface area contributed by atoms with Gasteiger partial charge in [-0.05, 0) is 62.3 Å². The van der Waals surface area contributed by atoms with Crippen molar-refractivity contribution in [3.05, 3.63) is 29.8 Å². The molecule has 1 unspecified atom stereocenters. The quantitative estimate of drug-likeness (QED) is 0.796. The van der Waals surface area contributed by atoms with Gasteiger partial charge in [-0.15, -0.1) is 13.2 Å². The van der Waals surface area contributed by atoms with Crippen molar-refractivity contribution in [3.8, 4) is 17.6 Å². The van der Waals surface area contributed by atoms with Crippen molar-refractivity contribution in [1.29, 1.82) is 0 Å². The number of benzene rings is 1. The smallest absolute Gasteiger partial charge is 0.406 e. The van der Waals surface area contributed by atoms with Gasteiger partial charge in [0.1, 0.15) is 5.75 Å². The molecule has 4 rings (SSSR count). The molecule has 0 spiro atoms. The average molecular weight is 309 g/mol. The fourth-order valence-electron chi connectivity index (χ4n) is 3.26. The van der Waals surface area contributed by atoms with Crippen LogP contribution in [0.15, 0.2) is 24.3 Å². The lowest BCUT2D eigenvalue weighted by Gasteiger charge is -2.22. The van der Waals surface area contributed by atoms with Crippen molar-refractivity contribution in [2.45, 2.75) is 50.6 Å². The Labute approximate surface area is 128 Å². The Bertz CT molecular complexity index is 548. The molecule has 2 aliphatic heterocycles. The maximum atomic E-state index is 12.1. The van der Waals surface area contributed by atoms with E-state index >= 15 is 0 Å². The van der Waals surface area contributed by atoms with Crippen LogP contribution in [0.1, 0.15) is 37.7 Å². The third-order valence-electron chi connectivity index (χ3n) is 4.33. The monoisotopic (exact) mass is 309 g/mol. The Hall–Kier alpha value is -1.67. The first-order valence-electron chi connectivity index (χ1n) is 7.61. The molecule has 1 N–H and O–H groups in total. The van der Waals surface area contributed by atoms with Crippen LogP contribution in [0, 0.1) is 17.8 Å². The zero-order chi connectivity index (χ0) is 15.6. The summed E-state index contributed by atoms with van der Waals surface area (Å²) in [7, 11) is 0. The van der Waals surface area contributed by atoms with Crippen LogP contribution in [-0.2, 0) is 0 Å². The molecule has 1 aromatic rings. The predicted molar refractivity (Wildman–Crippen MR) is 77.3 cm³/mol. The molecule has 2 heterocycles. The van der Waals surface area contributed by atoms with Crippen LogP contribution >= 0.6 is 0 Å². The number of fused-ring (bicyclic) bond motifs is 4. The minimum atomic E-state index is -4.66. The maximum Gasteiger partial charge on any atom is 0.573 e. The molecule has 0 aromatic heterocycles. The Balaban J connectivity index is 1.64. The highest BCUT2D eigenvalue weighted by atomic mass is 19.4. The Morgan fingerprint density at radius 3 is 2.36 bits per heavy atom. The van der Waals surface area contributed by atoms with Gasteiger partial charge >= 0.3 is 6.36 Å². The molecule has 3 fully saturated rings. The number of halogens is 3. The predicted octanol–water partition coefficient (Wildman–Crippen LogP) is 3.86. The summed E-state index contributed by atoms with van der Waals surface area (Å²) < 4.78 is 40.1. The van der Waals surface area contributed by atoms with Gasteiger partial charge < -0.3 is 10.1 Å². The van der Waals surface area contributed by atoms with Gasteiger partial charge in [0.05, 0.1) is 6.04 Å². The third-order valence-corrected chi connectivity index (χ3v) is 4.33. The summed E-state index contributed by atoms with van der Waals surface area (Å²) in [4.78, 5) is 0. The lowest BCUT2D eigenvalue weighted by Crippen LogP contribution is -2.34. The van der Waals surface area contributed by atoms with Gasteiger partial charge in [0, 0.05) is 11.6 Å². The van der Waals surface area contributed by atoms with Crippen LogP contribution in [0.25, 0.3) is 0 Å². The van der Waals surface area contributed by atoms with E-state index in [0.717, 1.165) is 12.3 Å². The first-order chi connectivity index (χ1) is 10.5. The molecule has 1 aliphatic carbocycles. The standard InChI is InChI=1S/C17H18F3NO/c18-17(19,20)22-16-9-4-12(5-10-16)1-8-15-11-13-2-6-14(21-15)7-3-13/h4-5,9-10,13-15,21H,2-3,6-7,11H2. The largest absolute Gasteiger partial charge is 0.573 e. The molecule has 3 aliphatic rings. The Morgan fingerprint density at radius 1 is 1.05 bits per heavy atom. The molecule has 1 aromatic carbocycles. The van der Waals surface area contributed by atoms with E-state index in [1.807, 2.05) is 0 Å². The highest BCUT2D eigenvalue weighted by molar-refractivity contribution is 5.39. The molecule has 0 amide bonds. The fourth-order valence-corrected chi connectivity index (χ4v) is 3.26. The van der Waals surface area contributed by atoms with E-state index in [0.29, 0.717) is 11.6 Å². The number of hydrogen-bond acceptors (Lipinski definition) is 2. The summed E-state index contributed by atoms with van der Waals surface area (Å²) in [5.41, 5.74) is 0.702. The summed E-state index contributed by atoms with van der Waals surface area (Å²) in [5, 5.41) is 3.57. The van der Waals surface area contributed by atoms with E-state index in [2.05, 4.69) is 21.9 Å². The molecule has 2 bridgehead atoms. The second-order valence-corrected chi connectivity index (χ2v) is 6.01. The lowest BCUT2D eigenvalue weighted by molar-refractivity contribution is -0.274. The van der Waals surface area contributed by atoms with Gasteiger partial charge in [-0.1, -0.05) is 11.8 Å². The highest BCUT2D eigenvalue weighted by Crippen LogP contribution is 2.31. The number of ether oxygens (including phenoxy) is 1. The van der Waals surface area contributed by atoms with E-state index in [1.165, 1.54) is 37.8 Å². The second kappa shape index (κ2) is 6.21. The van der Waals surface area contributed by atoms with E-state index < -0.39 is 6.36 Å². The fraction of sp³-hybridized carbons (Fsp3) is 0.529. The number of rotatable bonds is 1. The number of hydrogen-bond donors (Lipinski definition) is 1. The average Bonchev–Trinajstić information content (AvgIpc) is 2.78. The summed E-state index contributed by atoms with van der Waals surface area (Å²) in [6.07, 6.45) is 1.42. The van der Waals surface area contributed by atoms with Gasteiger partial charge in [-0.3, -0.25) is 0 Å². The van der Waals surface area contributed by atoms with E-state index in [1.54, 1.807) is 12.1 Å². The van der Waals surface area contributed by atoms with Crippen molar-refractivity contribution in [1.82, 2.24) is 5.32 Å². The second-order valence-electron chi connectivity index (χ2n) is 6.01. The molecule has 1 saturated carbocycles. The minimum absolute atomic E-state index is 0.186. The Morgan fingerprint density at radius 2 is 1.73 bits per heavy atom. The maximum absolute atomic E-state index is 12.1.